The minimum Gasteiger partial charge on any atom is -0.409 e. The Hall–Kier alpha value is -0.443. The van der Waals surface area contributed by atoms with Crippen molar-refractivity contribution in [3.05, 3.63) is 27.5 Å². The van der Waals surface area contributed by atoms with Crippen molar-refractivity contribution in [2.45, 2.75) is 63.6 Å². The predicted molar refractivity (Wildman–Crippen MR) is 118 cm³/mol. The summed E-state index contributed by atoms with van der Waals surface area (Å²) in [4.78, 5) is 7.92. The Morgan fingerprint density at radius 2 is 1.96 bits per heavy atom. The zero-order chi connectivity index (χ0) is 20.3. The van der Waals surface area contributed by atoms with E-state index in [0.717, 1.165) is 23.1 Å². The molecule has 28 heavy (non-hydrogen) atoms. The molecule has 2 fully saturated rings. The molecular formula is C20H28BrClN2O3Si. The van der Waals surface area contributed by atoms with E-state index in [4.69, 9.17) is 25.5 Å². The van der Waals surface area contributed by atoms with Gasteiger partial charge in [0, 0.05) is 11.6 Å². The summed E-state index contributed by atoms with van der Waals surface area (Å²) in [6, 6.07) is 3.99. The fourth-order valence-corrected chi connectivity index (χ4v) is 5.60. The lowest BCUT2D eigenvalue weighted by atomic mass is 9.96. The molecule has 2 aliphatic heterocycles. The van der Waals surface area contributed by atoms with Crippen LogP contribution in [0.1, 0.15) is 26.5 Å². The third-order valence-corrected chi connectivity index (χ3v) is 12.0. The molecule has 0 radical (unpaired) electrons. The summed E-state index contributed by atoms with van der Waals surface area (Å²) in [7, 11) is -1.85. The molecule has 154 valence electrons. The summed E-state index contributed by atoms with van der Waals surface area (Å²) in [6.45, 7) is 12.7. The van der Waals surface area contributed by atoms with Crippen LogP contribution in [-0.4, -0.2) is 49.8 Å². The van der Waals surface area contributed by atoms with Gasteiger partial charge in [0.2, 0.25) is 0 Å². The van der Waals surface area contributed by atoms with E-state index in [0.29, 0.717) is 28.8 Å². The molecule has 1 N–H and O–H groups in total. The first-order valence-corrected chi connectivity index (χ1v) is 13.9. The summed E-state index contributed by atoms with van der Waals surface area (Å²) >= 11 is 9.55. The normalized spacial score (nSPS) is 28.2. The van der Waals surface area contributed by atoms with Crippen molar-refractivity contribution in [1.82, 2.24) is 9.97 Å². The Kier molecular flexibility index (Phi) is 5.47. The third kappa shape index (κ3) is 3.82. The van der Waals surface area contributed by atoms with Crippen LogP contribution in [0.3, 0.4) is 0 Å². The van der Waals surface area contributed by atoms with Crippen molar-refractivity contribution in [3.8, 4) is 0 Å². The molecular weight excluding hydrogens is 460 g/mol. The van der Waals surface area contributed by atoms with Crippen molar-refractivity contribution in [2.75, 3.05) is 13.2 Å². The van der Waals surface area contributed by atoms with E-state index >= 15 is 0 Å². The molecule has 0 aromatic carbocycles. The van der Waals surface area contributed by atoms with Gasteiger partial charge in [-0.25, -0.2) is 4.98 Å². The topological polar surface area (TPSA) is 56.4 Å². The number of nitrogens with zero attached hydrogens (tertiary/aromatic N) is 1. The number of hydrogen-bond acceptors (Lipinski definition) is 4. The van der Waals surface area contributed by atoms with Gasteiger partial charge in [0.15, 0.2) is 8.32 Å². The van der Waals surface area contributed by atoms with E-state index in [9.17, 15) is 0 Å². The second-order valence-corrected chi connectivity index (χ2v) is 15.4. The van der Waals surface area contributed by atoms with Gasteiger partial charge in [-0.2, -0.15) is 0 Å². The molecule has 5 nitrogen and oxygen atoms in total. The number of nitrogens with one attached hydrogen (secondary N) is 1. The molecule has 0 bridgehead atoms. The fourth-order valence-electron chi connectivity index (χ4n) is 3.83. The van der Waals surface area contributed by atoms with Crippen LogP contribution in [-0.2, 0) is 20.3 Å². The lowest BCUT2D eigenvalue weighted by Crippen LogP contribution is -2.47. The molecule has 0 amide bonds. The van der Waals surface area contributed by atoms with Crippen LogP contribution in [0, 0.1) is 5.92 Å². The summed E-state index contributed by atoms with van der Waals surface area (Å²) in [5.41, 5.74) is 2.99. The Labute approximate surface area is 180 Å². The van der Waals surface area contributed by atoms with Crippen molar-refractivity contribution >= 4 is 46.9 Å². The van der Waals surface area contributed by atoms with Crippen LogP contribution in [0.4, 0.5) is 0 Å². The van der Waals surface area contributed by atoms with Gasteiger partial charge in [0.05, 0.1) is 41.5 Å². The molecule has 4 atom stereocenters. The lowest BCUT2D eigenvalue weighted by molar-refractivity contribution is 0.0230. The third-order valence-electron chi connectivity index (χ3n) is 6.41. The highest BCUT2D eigenvalue weighted by molar-refractivity contribution is 9.10. The van der Waals surface area contributed by atoms with Crippen molar-refractivity contribution in [3.63, 3.8) is 0 Å². The monoisotopic (exact) mass is 486 g/mol. The molecule has 4 heterocycles. The number of rotatable bonds is 4. The van der Waals surface area contributed by atoms with E-state index in [1.165, 1.54) is 0 Å². The van der Waals surface area contributed by atoms with Gasteiger partial charge in [0.1, 0.15) is 10.7 Å². The predicted octanol–water partition coefficient (Wildman–Crippen LogP) is 5.33. The zero-order valence-electron chi connectivity index (χ0n) is 17.0. The van der Waals surface area contributed by atoms with Crippen molar-refractivity contribution in [2.24, 2.45) is 5.92 Å². The fraction of sp³-hybridized carbons (Fsp3) is 0.650. The number of halogens is 2. The average molecular weight is 488 g/mol. The van der Waals surface area contributed by atoms with E-state index in [2.05, 4.69) is 65.8 Å². The van der Waals surface area contributed by atoms with Crippen molar-refractivity contribution < 1.29 is 13.9 Å². The Bertz CT molecular complexity index is 843. The Morgan fingerprint density at radius 3 is 2.68 bits per heavy atom. The molecule has 0 aliphatic carbocycles. The molecule has 2 aliphatic rings. The van der Waals surface area contributed by atoms with E-state index in [1.54, 1.807) is 0 Å². The van der Waals surface area contributed by atoms with Crippen LogP contribution in [0.5, 0.6) is 0 Å². The number of aromatic amines is 1. The summed E-state index contributed by atoms with van der Waals surface area (Å²) in [5, 5.41) is 0.783. The second-order valence-electron chi connectivity index (χ2n) is 9.47. The number of fused-ring (bicyclic) bond motifs is 2. The first-order valence-electron chi connectivity index (χ1n) is 9.80. The van der Waals surface area contributed by atoms with Crippen LogP contribution >= 0.6 is 27.5 Å². The summed E-state index contributed by atoms with van der Waals surface area (Å²) in [6.07, 6.45) is 1.02. The molecule has 0 saturated carbocycles. The van der Waals surface area contributed by atoms with Crippen molar-refractivity contribution in [1.29, 1.82) is 0 Å². The van der Waals surface area contributed by atoms with Gasteiger partial charge in [-0.3, -0.25) is 0 Å². The SMILES string of the molecule is CC(C)(C)[Si](C)(C)OC1CO[C@@H]2C(Cc3cc4nc(Br)c(Cl)cc4[nH]3)CO[C@H]12. The van der Waals surface area contributed by atoms with Gasteiger partial charge in [0.25, 0.3) is 0 Å². The van der Waals surface area contributed by atoms with Crippen LogP contribution in [0.25, 0.3) is 11.0 Å². The quantitative estimate of drug-likeness (QED) is 0.468. The second kappa shape index (κ2) is 7.36. The maximum atomic E-state index is 6.60. The summed E-state index contributed by atoms with van der Waals surface area (Å²) < 4.78 is 19.6. The van der Waals surface area contributed by atoms with Gasteiger partial charge < -0.3 is 18.9 Å². The number of ether oxygens (including phenoxy) is 2. The highest BCUT2D eigenvalue weighted by Crippen LogP contribution is 2.41. The largest absolute Gasteiger partial charge is 0.409 e. The number of H-pyrrole nitrogens is 1. The highest BCUT2D eigenvalue weighted by Gasteiger charge is 2.51. The maximum Gasteiger partial charge on any atom is 0.192 e. The Balaban J connectivity index is 1.45. The van der Waals surface area contributed by atoms with E-state index in [1.807, 2.05) is 6.07 Å². The van der Waals surface area contributed by atoms with Crippen LogP contribution in [0.15, 0.2) is 16.7 Å². The molecule has 2 aromatic heterocycles. The number of aromatic nitrogens is 2. The van der Waals surface area contributed by atoms with Gasteiger partial charge in [-0.15, -0.1) is 0 Å². The highest BCUT2D eigenvalue weighted by atomic mass is 79.9. The standard InChI is InChI=1S/C20H28BrClN2O3Si/c1-20(2,3)28(4,5)27-16-10-26-17-11(9-25-18(16)17)6-12-7-14-15(23-12)8-13(22)19(21)24-14/h7-8,11,16-18,23H,6,9-10H2,1-5H3/t11?,16?,17-,18-/m1/s1. The first kappa shape index (κ1) is 20.8. The number of pyridine rings is 1. The maximum absolute atomic E-state index is 6.60. The van der Waals surface area contributed by atoms with Gasteiger partial charge in [-0.05, 0) is 52.6 Å². The van der Waals surface area contributed by atoms with E-state index in [-0.39, 0.29) is 23.4 Å². The molecule has 2 aromatic rings. The minimum atomic E-state index is -1.85. The molecule has 8 heteroatoms. The molecule has 0 spiro atoms. The van der Waals surface area contributed by atoms with Gasteiger partial charge in [-0.1, -0.05) is 32.4 Å². The lowest BCUT2D eigenvalue weighted by Gasteiger charge is -2.39. The minimum absolute atomic E-state index is 0.0326. The Morgan fingerprint density at radius 1 is 1.25 bits per heavy atom. The van der Waals surface area contributed by atoms with Crippen LogP contribution in [0.2, 0.25) is 23.2 Å². The molecule has 4 rings (SSSR count). The van der Waals surface area contributed by atoms with Gasteiger partial charge >= 0.3 is 0 Å². The average Bonchev–Trinajstić information content (AvgIpc) is 3.25. The molecule has 2 unspecified atom stereocenters. The molecule has 2 saturated heterocycles. The first-order chi connectivity index (χ1) is 13.0. The van der Waals surface area contributed by atoms with Crippen LogP contribution < -0.4 is 0 Å². The smallest absolute Gasteiger partial charge is 0.192 e. The zero-order valence-corrected chi connectivity index (χ0v) is 20.4. The van der Waals surface area contributed by atoms with E-state index < -0.39 is 8.32 Å². The number of hydrogen-bond donors (Lipinski definition) is 1. The summed E-state index contributed by atoms with van der Waals surface area (Å²) in [5.74, 6) is 0.310.